The van der Waals surface area contributed by atoms with Crippen LogP contribution in [0.3, 0.4) is 0 Å². The Balaban J connectivity index is -0.000000180. The van der Waals surface area contributed by atoms with Gasteiger partial charge in [-0.05, 0) is 0 Å². The molecule has 0 spiro atoms. The molecule has 9 heavy (non-hydrogen) atoms. The van der Waals surface area contributed by atoms with Gasteiger partial charge >= 0.3 is 0 Å². The van der Waals surface area contributed by atoms with E-state index in [9.17, 15) is 0 Å². The Labute approximate surface area is 75.6 Å². The Bertz CT molecular complexity index is 72.1. The molecule has 0 saturated heterocycles. The van der Waals surface area contributed by atoms with Crippen LogP contribution in [0.5, 0.6) is 0 Å². The molecule has 0 aromatic heterocycles. The number of hydrogen-bond donors (Lipinski definition) is 3. The van der Waals surface area contributed by atoms with Crippen molar-refractivity contribution >= 4 is 46.3 Å². The van der Waals surface area contributed by atoms with Crippen LogP contribution in [0.1, 0.15) is 0 Å². The maximum absolute atomic E-state index is 6.68. The molecule has 0 aliphatic carbocycles. The summed E-state index contributed by atoms with van der Waals surface area (Å²) in [6.45, 7) is 0.588. The van der Waals surface area contributed by atoms with Gasteiger partial charge in [-0.1, -0.05) is 11.8 Å². The largest absolute Gasteiger partial charge is 0.379 e. The van der Waals surface area contributed by atoms with E-state index in [2.05, 4.69) is 0 Å². The van der Waals surface area contributed by atoms with E-state index in [1.54, 1.807) is 0 Å². The van der Waals surface area contributed by atoms with Crippen LogP contribution in [0.15, 0.2) is 0 Å². The predicted molar refractivity (Wildman–Crippen MR) is 51.0 cm³/mol. The van der Waals surface area contributed by atoms with Gasteiger partial charge in [0.1, 0.15) is 0 Å². The Kier molecular flexibility index (Phi) is 20.5. The summed E-state index contributed by atoms with van der Waals surface area (Å²) in [5.41, 5.74) is 10.1. The second-order valence-corrected chi connectivity index (χ2v) is 2.14. The minimum atomic E-state index is 0. The van der Waals surface area contributed by atoms with Gasteiger partial charge in [0.25, 0.3) is 0 Å². The third-order valence-corrected chi connectivity index (χ3v) is 1.13. The van der Waals surface area contributed by atoms with Crippen LogP contribution in [0.4, 0.5) is 0 Å². The summed E-state index contributed by atoms with van der Waals surface area (Å²) in [5.74, 6) is 0.745. The number of rotatable bonds is 2. The van der Waals surface area contributed by atoms with Crippen molar-refractivity contribution < 1.29 is 0 Å². The Morgan fingerprint density at radius 3 is 2.11 bits per heavy atom. The number of nitrogens with two attached hydrogens (primary N) is 2. The minimum absolute atomic E-state index is 0. The smallest absolute Gasteiger partial charge is 0.151 e. The van der Waals surface area contributed by atoms with Gasteiger partial charge in [-0.15, -0.1) is 29.4 Å². The fraction of sp³-hybridized carbons (Fsp3) is 0.667. The van der Waals surface area contributed by atoms with Crippen molar-refractivity contribution in [3.8, 4) is 0 Å². The lowest BCUT2D eigenvalue weighted by molar-refractivity contribution is 1.15. The highest BCUT2D eigenvalue weighted by atomic mass is 79.9. The van der Waals surface area contributed by atoms with E-state index < -0.39 is 0 Å². The number of nitrogens with one attached hydrogen (secondary N) is 1. The van der Waals surface area contributed by atoms with Crippen molar-refractivity contribution in [2.75, 3.05) is 12.3 Å². The topological polar surface area (TPSA) is 75.9 Å². The fourth-order valence-electron chi connectivity index (χ4n) is 0.169. The molecule has 0 rings (SSSR count). The Hall–Kier alpha value is 0.550. The molecule has 0 heterocycles. The van der Waals surface area contributed by atoms with Gasteiger partial charge in [-0.3, -0.25) is 5.41 Å². The molecule has 0 aromatic rings. The molecule has 0 unspecified atom stereocenters. The maximum atomic E-state index is 6.68. The van der Waals surface area contributed by atoms with Gasteiger partial charge < -0.3 is 11.5 Å². The van der Waals surface area contributed by atoms with E-state index in [0.29, 0.717) is 6.54 Å². The summed E-state index contributed by atoms with van der Waals surface area (Å²) >= 11 is 1.27. The molecule has 0 fully saturated rings. The number of hydrogen-bond acceptors (Lipinski definition) is 3. The highest BCUT2D eigenvalue weighted by molar-refractivity contribution is 8.93. The minimum Gasteiger partial charge on any atom is -0.379 e. The van der Waals surface area contributed by atoms with Crippen LogP contribution in [-0.4, -0.2) is 17.5 Å². The summed E-state index contributed by atoms with van der Waals surface area (Å²) in [6.07, 6.45) is 0. The zero-order valence-electron chi connectivity index (χ0n) is 4.79. The normalized spacial score (nSPS) is 6.78. The molecule has 0 atom stereocenters. The number of halogens is 2. The van der Waals surface area contributed by atoms with Gasteiger partial charge in [0.15, 0.2) is 5.17 Å². The average molecular weight is 237 g/mol. The molecule has 0 radical (unpaired) electrons. The summed E-state index contributed by atoms with van der Waals surface area (Å²) in [6, 6.07) is 0. The Morgan fingerprint density at radius 2 is 2.00 bits per heavy atom. The summed E-state index contributed by atoms with van der Waals surface area (Å²) < 4.78 is 0. The first kappa shape index (κ1) is 16.3. The highest BCUT2D eigenvalue weighted by Gasteiger charge is 1.84. The van der Waals surface area contributed by atoms with Crippen molar-refractivity contribution in [2.24, 2.45) is 11.5 Å². The van der Waals surface area contributed by atoms with Gasteiger partial charge in [-0.2, -0.15) is 0 Å². The summed E-state index contributed by atoms with van der Waals surface area (Å²) in [4.78, 5) is 0. The lowest BCUT2D eigenvalue weighted by atomic mass is 10.8. The molecule has 0 amide bonds. The molecule has 0 bridgehead atoms. The van der Waals surface area contributed by atoms with Crippen LogP contribution in [0, 0.1) is 5.41 Å². The van der Waals surface area contributed by atoms with E-state index in [1.165, 1.54) is 11.8 Å². The van der Waals surface area contributed by atoms with Crippen molar-refractivity contribution in [3.05, 3.63) is 0 Å². The molecule has 6 heteroatoms. The fourth-order valence-corrected chi connectivity index (χ4v) is 0.507. The van der Waals surface area contributed by atoms with Crippen LogP contribution in [-0.2, 0) is 0 Å². The van der Waals surface area contributed by atoms with Crippen molar-refractivity contribution in [1.29, 1.82) is 5.41 Å². The first-order valence-electron chi connectivity index (χ1n) is 1.94. The van der Waals surface area contributed by atoms with E-state index in [0.717, 1.165) is 5.75 Å². The van der Waals surface area contributed by atoms with Crippen molar-refractivity contribution in [2.45, 2.75) is 0 Å². The van der Waals surface area contributed by atoms with Crippen LogP contribution in [0.2, 0.25) is 0 Å². The van der Waals surface area contributed by atoms with E-state index in [4.69, 9.17) is 16.9 Å². The average Bonchev–Trinajstić information content (AvgIpc) is 1.61. The molecule has 0 aliphatic heterocycles. The van der Waals surface area contributed by atoms with Crippen LogP contribution in [0.25, 0.3) is 0 Å². The first-order valence-corrected chi connectivity index (χ1v) is 2.93. The van der Waals surface area contributed by atoms with Gasteiger partial charge in [0, 0.05) is 12.3 Å². The first-order chi connectivity index (χ1) is 3.27. The Morgan fingerprint density at radius 1 is 1.56 bits per heavy atom. The standard InChI is InChI=1S/C3H9N3S.BrH.ClH/c4-1-2-7-3(5)6;;/h1-2,4H2,(H3,5,6);2*1H. The third-order valence-electron chi connectivity index (χ3n) is 0.375. The van der Waals surface area contributed by atoms with E-state index in [1.807, 2.05) is 0 Å². The predicted octanol–water partition coefficient (Wildman–Crippen LogP) is 0.571. The lowest BCUT2D eigenvalue weighted by Crippen LogP contribution is -2.09. The van der Waals surface area contributed by atoms with Crippen molar-refractivity contribution in [1.82, 2.24) is 0 Å². The van der Waals surface area contributed by atoms with Gasteiger partial charge in [-0.25, -0.2) is 0 Å². The summed E-state index contributed by atoms with van der Waals surface area (Å²) in [5, 5.41) is 6.83. The zero-order chi connectivity index (χ0) is 5.70. The molecular formula is C3H11BrClN3S. The molecule has 0 saturated carbocycles. The quantitative estimate of drug-likeness (QED) is 0.485. The molecule has 58 valence electrons. The van der Waals surface area contributed by atoms with Crippen LogP contribution < -0.4 is 11.5 Å². The molecule has 0 aliphatic rings. The third kappa shape index (κ3) is 17.7. The monoisotopic (exact) mass is 235 g/mol. The van der Waals surface area contributed by atoms with Gasteiger partial charge in [0.05, 0.1) is 0 Å². The lowest BCUT2D eigenvalue weighted by Gasteiger charge is -1.90. The molecular weight excluding hydrogens is 225 g/mol. The second kappa shape index (κ2) is 11.4. The number of thioether (sulfide) groups is 1. The zero-order valence-corrected chi connectivity index (χ0v) is 8.14. The summed E-state index contributed by atoms with van der Waals surface area (Å²) in [7, 11) is 0. The second-order valence-electron chi connectivity index (χ2n) is 1.00. The maximum Gasteiger partial charge on any atom is 0.151 e. The van der Waals surface area contributed by atoms with Crippen molar-refractivity contribution in [3.63, 3.8) is 0 Å². The van der Waals surface area contributed by atoms with Crippen LogP contribution >= 0.6 is 41.2 Å². The molecule has 0 aromatic carbocycles. The number of amidine groups is 1. The van der Waals surface area contributed by atoms with E-state index >= 15 is 0 Å². The van der Waals surface area contributed by atoms with E-state index in [-0.39, 0.29) is 34.6 Å². The molecule has 3 nitrogen and oxygen atoms in total. The molecule has 5 N–H and O–H groups in total. The van der Waals surface area contributed by atoms with Gasteiger partial charge in [0.2, 0.25) is 0 Å². The highest BCUT2D eigenvalue weighted by Crippen LogP contribution is 1.92. The SMILES string of the molecule is Br.Cl.N=C(N)SCCN.